The predicted octanol–water partition coefficient (Wildman–Crippen LogP) is 2.63. The van der Waals surface area contributed by atoms with Crippen LogP contribution in [0.1, 0.15) is 18.4 Å². The van der Waals surface area contributed by atoms with E-state index >= 15 is 0 Å². The number of carbonyl (C=O) groups is 1. The average Bonchev–Trinajstić information content (AvgIpc) is 2.67. The molecule has 7 nitrogen and oxygen atoms in total. The minimum atomic E-state index is -4.05. The molecule has 1 aliphatic heterocycles. The first-order valence-electron chi connectivity index (χ1n) is 8.68. The number of halogens is 1. The number of ether oxygens (including phenoxy) is 1. The molecule has 3 rings (SSSR count). The largest absolute Gasteiger partial charge is 0.489 e. The maximum Gasteiger partial charge on any atom is 0.322 e. The number of piperidine rings is 1. The fourth-order valence-electron chi connectivity index (χ4n) is 3.05. The molecule has 28 heavy (non-hydrogen) atoms. The molecule has 2 unspecified atom stereocenters. The number of rotatable bonds is 6. The van der Waals surface area contributed by atoms with E-state index < -0.39 is 28.1 Å². The number of aliphatic hydroxyl groups excluding tert-OH is 1. The van der Waals surface area contributed by atoms with E-state index in [-0.39, 0.29) is 24.3 Å². The molecule has 0 bridgehead atoms. The van der Waals surface area contributed by atoms with Crippen LogP contribution < -0.4 is 4.74 Å². The molecule has 1 heterocycles. The smallest absolute Gasteiger partial charge is 0.322 e. The molecule has 0 aliphatic carbocycles. The monoisotopic (exact) mass is 469 g/mol. The minimum absolute atomic E-state index is 0.0407. The number of hydrogen-bond acceptors (Lipinski definition) is 5. The quantitative estimate of drug-likeness (QED) is 0.673. The van der Waals surface area contributed by atoms with Crippen molar-refractivity contribution in [3.8, 4) is 5.75 Å². The van der Waals surface area contributed by atoms with E-state index in [4.69, 9.17) is 4.74 Å². The third-order valence-corrected chi connectivity index (χ3v) is 7.24. The Balaban J connectivity index is 1.76. The summed E-state index contributed by atoms with van der Waals surface area (Å²) in [6.07, 6.45) is -0.550. The van der Waals surface area contributed by atoms with Crippen molar-refractivity contribution in [2.75, 3.05) is 6.54 Å². The Morgan fingerprint density at radius 3 is 2.46 bits per heavy atom. The molecule has 1 saturated heterocycles. The summed E-state index contributed by atoms with van der Waals surface area (Å²) in [6, 6.07) is 12.2. The second kappa shape index (κ2) is 8.60. The Hall–Kier alpha value is -1.94. The zero-order valence-electron chi connectivity index (χ0n) is 14.9. The highest BCUT2D eigenvalue weighted by atomic mass is 79.9. The molecule has 2 aromatic carbocycles. The first kappa shape index (κ1) is 20.8. The molecule has 1 aliphatic rings. The lowest BCUT2D eigenvalue weighted by atomic mass is 10.0. The van der Waals surface area contributed by atoms with Crippen LogP contribution >= 0.6 is 15.9 Å². The number of carboxylic acid groups (broad SMARTS) is 1. The van der Waals surface area contributed by atoms with Gasteiger partial charge in [-0.1, -0.05) is 34.1 Å². The van der Waals surface area contributed by atoms with Crippen molar-refractivity contribution >= 4 is 31.9 Å². The van der Waals surface area contributed by atoms with Gasteiger partial charge in [-0.3, -0.25) is 4.79 Å². The number of aliphatic carboxylic acids is 1. The van der Waals surface area contributed by atoms with E-state index in [0.717, 1.165) is 14.3 Å². The second-order valence-electron chi connectivity index (χ2n) is 6.51. The fourth-order valence-corrected chi connectivity index (χ4v) is 5.10. The van der Waals surface area contributed by atoms with E-state index in [9.17, 15) is 23.4 Å². The highest BCUT2D eigenvalue weighted by molar-refractivity contribution is 9.10. The maximum absolute atomic E-state index is 12.9. The van der Waals surface area contributed by atoms with Gasteiger partial charge in [-0.2, -0.15) is 4.31 Å². The summed E-state index contributed by atoms with van der Waals surface area (Å²) >= 11 is 3.44. The van der Waals surface area contributed by atoms with Crippen LogP contribution in [0.4, 0.5) is 0 Å². The number of nitrogens with zero attached hydrogens (tertiary/aromatic N) is 1. The van der Waals surface area contributed by atoms with Gasteiger partial charge in [0.25, 0.3) is 0 Å². The zero-order chi connectivity index (χ0) is 20.3. The molecule has 1 fully saturated rings. The molecule has 0 amide bonds. The molecular formula is C19H20BrNO6S. The van der Waals surface area contributed by atoms with Gasteiger partial charge < -0.3 is 14.9 Å². The van der Waals surface area contributed by atoms with Gasteiger partial charge in [-0.25, -0.2) is 8.42 Å². The van der Waals surface area contributed by atoms with Gasteiger partial charge in [0, 0.05) is 16.6 Å². The van der Waals surface area contributed by atoms with Gasteiger partial charge in [-0.05, 0) is 43.2 Å². The van der Waals surface area contributed by atoms with Gasteiger partial charge in [0.2, 0.25) is 10.0 Å². The Bertz CT molecular complexity index is 947. The first-order chi connectivity index (χ1) is 13.3. The molecule has 0 radical (unpaired) electrons. The number of benzene rings is 2. The summed E-state index contributed by atoms with van der Waals surface area (Å²) < 4.78 is 33.2. The van der Waals surface area contributed by atoms with Gasteiger partial charge >= 0.3 is 5.97 Å². The highest BCUT2D eigenvalue weighted by Gasteiger charge is 2.40. The van der Waals surface area contributed by atoms with Crippen molar-refractivity contribution in [1.82, 2.24) is 4.31 Å². The number of aliphatic hydroxyl groups is 1. The lowest BCUT2D eigenvalue weighted by molar-refractivity contribution is -0.143. The third-order valence-electron chi connectivity index (χ3n) is 4.58. The van der Waals surface area contributed by atoms with Crippen molar-refractivity contribution in [3.63, 3.8) is 0 Å². The van der Waals surface area contributed by atoms with Crippen molar-refractivity contribution < 1.29 is 28.2 Å². The Morgan fingerprint density at radius 1 is 1.14 bits per heavy atom. The predicted molar refractivity (Wildman–Crippen MR) is 105 cm³/mol. The number of hydrogen-bond donors (Lipinski definition) is 2. The zero-order valence-corrected chi connectivity index (χ0v) is 17.3. The molecule has 9 heteroatoms. The van der Waals surface area contributed by atoms with Gasteiger partial charge in [0.05, 0.1) is 11.0 Å². The number of β-amino-alcohol motifs (C(OH)–C–C–N with tert-alkyl or cyclic N) is 1. The van der Waals surface area contributed by atoms with E-state index in [1.807, 2.05) is 24.3 Å². The molecule has 150 valence electrons. The molecular weight excluding hydrogens is 450 g/mol. The lowest BCUT2D eigenvalue weighted by Gasteiger charge is -2.34. The summed E-state index contributed by atoms with van der Waals surface area (Å²) in [5.41, 5.74) is 0.950. The summed E-state index contributed by atoms with van der Waals surface area (Å²) in [5, 5.41) is 19.1. The third kappa shape index (κ3) is 4.54. The van der Waals surface area contributed by atoms with Crippen molar-refractivity contribution in [1.29, 1.82) is 0 Å². The minimum Gasteiger partial charge on any atom is -0.489 e. The number of sulfonamides is 1. The van der Waals surface area contributed by atoms with Crippen LogP contribution in [0.5, 0.6) is 5.75 Å². The average molecular weight is 470 g/mol. The van der Waals surface area contributed by atoms with Crippen LogP contribution in [0.15, 0.2) is 57.9 Å². The van der Waals surface area contributed by atoms with Crippen LogP contribution in [0.25, 0.3) is 0 Å². The second-order valence-corrected chi connectivity index (χ2v) is 9.26. The summed E-state index contributed by atoms with van der Waals surface area (Å²) in [4.78, 5) is 11.4. The lowest BCUT2D eigenvalue weighted by Crippen LogP contribution is -2.51. The molecule has 2 N–H and O–H groups in total. The fraction of sp³-hybridized carbons (Fsp3) is 0.316. The van der Waals surface area contributed by atoms with Crippen LogP contribution in [0.2, 0.25) is 0 Å². The van der Waals surface area contributed by atoms with Crippen LogP contribution in [0, 0.1) is 0 Å². The van der Waals surface area contributed by atoms with E-state index in [1.54, 1.807) is 0 Å². The Kier molecular flexibility index (Phi) is 6.39. The van der Waals surface area contributed by atoms with Gasteiger partial charge in [0.1, 0.15) is 18.4 Å². The summed E-state index contributed by atoms with van der Waals surface area (Å²) in [5.74, 6) is -0.730. The molecule has 0 saturated carbocycles. The molecule has 2 aromatic rings. The van der Waals surface area contributed by atoms with Crippen LogP contribution in [-0.2, 0) is 21.4 Å². The van der Waals surface area contributed by atoms with Crippen LogP contribution in [0.3, 0.4) is 0 Å². The highest BCUT2D eigenvalue weighted by Crippen LogP contribution is 2.27. The standard InChI is InChI=1S/C19H20BrNO6S/c20-17-4-2-1-3-13(17)12-27-15-6-8-16(9-7-15)28(25,26)21-11-14(22)5-10-18(21)19(23)24/h1-4,6-9,14,18,22H,5,10-12H2,(H,23,24). The first-order valence-corrected chi connectivity index (χ1v) is 10.9. The van der Waals surface area contributed by atoms with Crippen molar-refractivity contribution in [2.45, 2.75) is 36.5 Å². The molecule has 0 aromatic heterocycles. The topological polar surface area (TPSA) is 104 Å². The van der Waals surface area contributed by atoms with E-state index in [0.29, 0.717) is 12.4 Å². The van der Waals surface area contributed by atoms with Crippen LogP contribution in [-0.4, -0.2) is 47.6 Å². The summed E-state index contributed by atoms with van der Waals surface area (Å²) in [7, 11) is -4.05. The van der Waals surface area contributed by atoms with E-state index in [1.165, 1.54) is 24.3 Å². The van der Waals surface area contributed by atoms with Crippen molar-refractivity contribution in [2.24, 2.45) is 0 Å². The van der Waals surface area contributed by atoms with E-state index in [2.05, 4.69) is 15.9 Å². The molecule has 0 spiro atoms. The van der Waals surface area contributed by atoms with Crippen molar-refractivity contribution in [3.05, 3.63) is 58.6 Å². The Labute approximate surface area is 171 Å². The SMILES string of the molecule is O=C(O)C1CCC(O)CN1S(=O)(=O)c1ccc(OCc2ccccc2Br)cc1. The summed E-state index contributed by atoms with van der Waals surface area (Å²) in [6.45, 7) is 0.0759. The normalized spacial score (nSPS) is 20.6. The molecule has 2 atom stereocenters. The van der Waals surface area contributed by atoms with Gasteiger partial charge in [0.15, 0.2) is 0 Å². The Morgan fingerprint density at radius 2 is 1.82 bits per heavy atom. The maximum atomic E-state index is 12.9. The number of carboxylic acids is 1. The van der Waals surface area contributed by atoms with Gasteiger partial charge in [-0.15, -0.1) is 0 Å².